The molecule has 0 aliphatic carbocycles. The summed E-state index contributed by atoms with van der Waals surface area (Å²) in [4.78, 5) is 25.1. The number of alkyl halides is 2. The third kappa shape index (κ3) is 5.92. The predicted octanol–water partition coefficient (Wildman–Crippen LogP) is 5.89. The van der Waals surface area contributed by atoms with Gasteiger partial charge in [-0.05, 0) is 49.9 Å². The van der Waals surface area contributed by atoms with Gasteiger partial charge in [0, 0.05) is 16.1 Å². The van der Waals surface area contributed by atoms with E-state index >= 15 is 0 Å². The van der Waals surface area contributed by atoms with Crippen LogP contribution in [-0.2, 0) is 0 Å². The van der Waals surface area contributed by atoms with E-state index in [1.165, 1.54) is 18.2 Å². The second-order valence-corrected chi connectivity index (χ2v) is 8.69. The number of rotatable bonds is 7. The number of hydrogen-bond donors (Lipinski definition) is 2. The number of hydrogen-bond acceptors (Lipinski definition) is 4. The molecule has 0 fully saturated rings. The maximum atomic E-state index is 12.6. The number of anilines is 1. The van der Waals surface area contributed by atoms with Gasteiger partial charge in [0.15, 0.2) is 0 Å². The SMILES string of the molecule is CCC(C)(C)NC(=O)c1ccc(NC(=O)c2sccc2SC(F)F)cc1Cl. The van der Waals surface area contributed by atoms with E-state index in [-0.39, 0.29) is 26.2 Å². The van der Waals surface area contributed by atoms with Gasteiger partial charge in [-0.1, -0.05) is 30.3 Å². The topological polar surface area (TPSA) is 58.2 Å². The fraction of sp³-hybridized carbons (Fsp3) is 0.333. The van der Waals surface area contributed by atoms with E-state index < -0.39 is 11.7 Å². The minimum absolute atomic E-state index is 0.186. The summed E-state index contributed by atoms with van der Waals surface area (Å²) in [6.45, 7) is 5.78. The number of amides is 2. The van der Waals surface area contributed by atoms with Gasteiger partial charge in [-0.3, -0.25) is 9.59 Å². The number of carbonyl (C=O) groups is 2. The normalized spacial score (nSPS) is 11.5. The molecule has 2 N–H and O–H groups in total. The maximum Gasteiger partial charge on any atom is 0.288 e. The van der Waals surface area contributed by atoms with Crippen molar-refractivity contribution in [2.75, 3.05) is 5.32 Å². The molecule has 1 heterocycles. The van der Waals surface area contributed by atoms with E-state index in [9.17, 15) is 18.4 Å². The van der Waals surface area contributed by atoms with Gasteiger partial charge in [-0.2, -0.15) is 8.78 Å². The number of thiophene rings is 1. The Hall–Kier alpha value is -1.64. The second-order valence-electron chi connectivity index (χ2n) is 6.33. The van der Waals surface area contributed by atoms with E-state index in [0.29, 0.717) is 23.0 Å². The lowest BCUT2D eigenvalue weighted by Gasteiger charge is -2.24. The molecule has 1 aromatic heterocycles. The first-order valence-corrected chi connectivity index (χ1v) is 10.2. The first-order valence-electron chi connectivity index (χ1n) is 8.08. The number of halogens is 3. The largest absolute Gasteiger partial charge is 0.347 e. The van der Waals surface area contributed by atoms with Crippen LogP contribution in [-0.4, -0.2) is 23.1 Å². The Kier molecular flexibility index (Phi) is 7.25. The molecule has 0 unspecified atom stereocenters. The third-order valence-electron chi connectivity index (χ3n) is 3.86. The Balaban J connectivity index is 2.13. The molecule has 9 heteroatoms. The zero-order valence-corrected chi connectivity index (χ0v) is 17.3. The molecule has 146 valence electrons. The van der Waals surface area contributed by atoms with E-state index in [4.69, 9.17) is 11.6 Å². The quantitative estimate of drug-likeness (QED) is 0.536. The highest BCUT2D eigenvalue weighted by Gasteiger charge is 2.21. The maximum absolute atomic E-state index is 12.6. The van der Waals surface area contributed by atoms with Crippen LogP contribution in [0.4, 0.5) is 14.5 Å². The van der Waals surface area contributed by atoms with Gasteiger partial charge >= 0.3 is 0 Å². The van der Waals surface area contributed by atoms with Crippen LogP contribution in [0.2, 0.25) is 5.02 Å². The van der Waals surface area contributed by atoms with Crippen LogP contribution < -0.4 is 10.6 Å². The molecule has 27 heavy (non-hydrogen) atoms. The molecule has 2 amide bonds. The van der Waals surface area contributed by atoms with E-state index in [1.54, 1.807) is 11.4 Å². The molecule has 0 radical (unpaired) electrons. The molecular formula is C18H19ClF2N2O2S2. The number of benzene rings is 1. The number of carbonyl (C=O) groups excluding carboxylic acids is 2. The van der Waals surface area contributed by atoms with E-state index in [1.807, 2.05) is 20.8 Å². The first-order chi connectivity index (χ1) is 12.6. The zero-order valence-electron chi connectivity index (χ0n) is 14.9. The molecule has 2 rings (SSSR count). The standard InChI is InChI=1S/C18H19ClF2N2O2S2/c1-4-18(2,3)23-15(24)11-6-5-10(9-12(11)19)22-16(25)14-13(7-8-26-14)27-17(20)21/h5-9,17H,4H2,1-3H3,(H,22,25)(H,23,24). The highest BCUT2D eigenvalue weighted by atomic mass is 35.5. The molecular weight excluding hydrogens is 414 g/mol. The van der Waals surface area contributed by atoms with Crippen molar-refractivity contribution in [3.8, 4) is 0 Å². The second kappa shape index (κ2) is 9.03. The smallest absolute Gasteiger partial charge is 0.288 e. The molecule has 0 saturated carbocycles. The van der Waals surface area contributed by atoms with Crippen molar-refractivity contribution in [1.29, 1.82) is 0 Å². The molecule has 0 atom stereocenters. The summed E-state index contributed by atoms with van der Waals surface area (Å²) < 4.78 is 25.1. The van der Waals surface area contributed by atoms with Gasteiger partial charge in [0.05, 0.1) is 10.6 Å². The summed E-state index contributed by atoms with van der Waals surface area (Å²) in [7, 11) is 0. The molecule has 0 spiro atoms. The number of thioether (sulfide) groups is 1. The Bertz CT molecular complexity index is 841. The van der Waals surface area contributed by atoms with Crippen LogP contribution in [0.1, 0.15) is 47.2 Å². The van der Waals surface area contributed by atoms with Gasteiger partial charge < -0.3 is 10.6 Å². The minimum Gasteiger partial charge on any atom is -0.347 e. The molecule has 0 aliphatic heterocycles. The minimum atomic E-state index is -2.61. The van der Waals surface area contributed by atoms with Gasteiger partial charge in [0.25, 0.3) is 17.6 Å². The Morgan fingerprint density at radius 1 is 1.26 bits per heavy atom. The van der Waals surface area contributed by atoms with Crippen LogP contribution >= 0.6 is 34.7 Å². The van der Waals surface area contributed by atoms with Crippen LogP contribution in [0.25, 0.3) is 0 Å². The van der Waals surface area contributed by atoms with Crippen LogP contribution in [0.5, 0.6) is 0 Å². The molecule has 0 saturated heterocycles. The fourth-order valence-corrected chi connectivity index (χ4v) is 3.94. The summed E-state index contributed by atoms with van der Waals surface area (Å²) in [6, 6.07) is 6.00. The summed E-state index contributed by atoms with van der Waals surface area (Å²) in [5.74, 6) is -3.42. The van der Waals surface area contributed by atoms with Crippen LogP contribution in [0.3, 0.4) is 0 Å². The van der Waals surface area contributed by atoms with Gasteiger partial charge in [-0.15, -0.1) is 11.3 Å². The lowest BCUT2D eigenvalue weighted by Crippen LogP contribution is -2.42. The molecule has 0 bridgehead atoms. The molecule has 2 aromatic rings. The fourth-order valence-electron chi connectivity index (χ4n) is 2.08. The third-order valence-corrected chi connectivity index (χ3v) is 5.99. The molecule has 1 aromatic carbocycles. The molecule has 4 nitrogen and oxygen atoms in total. The van der Waals surface area contributed by atoms with Crippen LogP contribution in [0.15, 0.2) is 34.5 Å². The average Bonchev–Trinajstić information content (AvgIpc) is 3.01. The van der Waals surface area contributed by atoms with Gasteiger partial charge in [0.1, 0.15) is 4.88 Å². The van der Waals surface area contributed by atoms with Crippen molar-refractivity contribution in [1.82, 2.24) is 5.32 Å². The molecule has 0 aliphatic rings. The van der Waals surface area contributed by atoms with Crippen molar-refractivity contribution in [2.24, 2.45) is 0 Å². The van der Waals surface area contributed by atoms with Crippen molar-refractivity contribution in [3.63, 3.8) is 0 Å². The lowest BCUT2D eigenvalue weighted by molar-refractivity contribution is 0.0911. The predicted molar refractivity (Wildman–Crippen MR) is 107 cm³/mol. The number of nitrogens with one attached hydrogen (secondary N) is 2. The Morgan fingerprint density at radius 2 is 1.96 bits per heavy atom. The van der Waals surface area contributed by atoms with Crippen molar-refractivity contribution >= 4 is 52.2 Å². The van der Waals surface area contributed by atoms with E-state index in [2.05, 4.69) is 10.6 Å². The summed E-state index contributed by atoms with van der Waals surface area (Å²) in [6.07, 6.45) is 0.754. The zero-order chi connectivity index (χ0) is 20.2. The highest BCUT2D eigenvalue weighted by Crippen LogP contribution is 2.32. The first kappa shape index (κ1) is 21.7. The highest BCUT2D eigenvalue weighted by molar-refractivity contribution is 7.99. The summed E-state index contributed by atoms with van der Waals surface area (Å²) in [5, 5.41) is 7.27. The summed E-state index contributed by atoms with van der Waals surface area (Å²) in [5.41, 5.74) is 0.296. The van der Waals surface area contributed by atoms with E-state index in [0.717, 1.165) is 17.8 Å². The van der Waals surface area contributed by atoms with Gasteiger partial charge in [-0.25, -0.2) is 0 Å². The average molecular weight is 433 g/mol. The van der Waals surface area contributed by atoms with Crippen molar-refractivity contribution < 1.29 is 18.4 Å². The van der Waals surface area contributed by atoms with Crippen LogP contribution in [0, 0.1) is 0 Å². The Labute approximate surface area is 169 Å². The lowest BCUT2D eigenvalue weighted by atomic mass is 10.0. The van der Waals surface area contributed by atoms with Crippen molar-refractivity contribution in [3.05, 3.63) is 45.1 Å². The Morgan fingerprint density at radius 3 is 2.56 bits per heavy atom. The van der Waals surface area contributed by atoms with Crippen molar-refractivity contribution in [2.45, 2.75) is 43.4 Å². The monoisotopic (exact) mass is 432 g/mol. The van der Waals surface area contributed by atoms with Gasteiger partial charge in [0.2, 0.25) is 0 Å². The summed E-state index contributed by atoms with van der Waals surface area (Å²) >= 11 is 7.59.